The topological polar surface area (TPSA) is 270 Å². The number of likely N-dealkylation sites (N-methyl/N-ethyl adjacent to an activating group) is 7. The summed E-state index contributed by atoms with van der Waals surface area (Å²) < 4.78 is 57.1. The van der Waals surface area contributed by atoms with Gasteiger partial charge < -0.3 is 60.0 Å². The summed E-state index contributed by atoms with van der Waals surface area (Å²) in [5, 5.41) is 7.95. The van der Waals surface area contributed by atoms with Gasteiger partial charge in [-0.25, -0.2) is 4.39 Å². The van der Waals surface area contributed by atoms with Crippen LogP contribution in [-0.4, -0.2) is 251 Å². The molecule has 3 N–H and O–H groups in total. The minimum absolute atomic E-state index is 0.0483. The third kappa shape index (κ3) is 21.1. The van der Waals surface area contributed by atoms with Crippen LogP contribution in [0.5, 0.6) is 0 Å². The van der Waals surface area contributed by atoms with Crippen LogP contribution in [0.1, 0.15) is 147 Å². The van der Waals surface area contributed by atoms with E-state index in [-0.39, 0.29) is 81.4 Å². The van der Waals surface area contributed by atoms with Gasteiger partial charge in [-0.3, -0.25) is 57.5 Å². The van der Waals surface area contributed by atoms with Gasteiger partial charge in [0.2, 0.25) is 70.9 Å². The number of halogens is 5. The quantitative estimate of drug-likeness (QED) is 0.134. The van der Waals surface area contributed by atoms with Gasteiger partial charge in [0.15, 0.2) is 0 Å². The van der Waals surface area contributed by atoms with Gasteiger partial charge in [0, 0.05) is 102 Å². The normalized spacial score (nSPS) is 24.6. The zero-order chi connectivity index (χ0) is 79.3. The number of fused-ring (bicyclic) bond motifs is 1. The third-order valence-corrected chi connectivity index (χ3v) is 22.0. The first-order valence-electron chi connectivity index (χ1n) is 36.5. The Morgan fingerprint density at radius 2 is 1.26 bits per heavy atom. The number of amides is 12. The molecule has 6 rings (SSSR count). The van der Waals surface area contributed by atoms with E-state index >= 15 is 28.4 Å². The van der Waals surface area contributed by atoms with Gasteiger partial charge in [0.1, 0.15) is 59.7 Å². The molecular weight excluding hydrogens is 1400 g/mol. The number of hydrogen-bond donors (Lipinski definition) is 3. The second-order valence-corrected chi connectivity index (χ2v) is 30.3. The Morgan fingerprint density at radius 1 is 0.660 bits per heavy atom. The molecule has 12 amide bonds. The van der Waals surface area contributed by atoms with Crippen molar-refractivity contribution in [2.75, 3.05) is 76.5 Å². The molecule has 3 aromatic carbocycles. The van der Waals surface area contributed by atoms with Crippen LogP contribution >= 0.6 is 11.6 Å². The molecule has 0 unspecified atom stereocenters. The molecule has 1 aliphatic carbocycles. The monoisotopic (exact) mass is 1500 g/mol. The minimum Gasteiger partial charge on any atom is -0.349 e. The highest BCUT2D eigenvalue weighted by Gasteiger charge is 2.51. The smallest absolute Gasteiger partial charge is 0.349 e. The molecule has 0 bridgehead atoms. The maximum absolute atomic E-state index is 15.7. The van der Waals surface area contributed by atoms with Crippen molar-refractivity contribution >= 4 is 82.5 Å². The van der Waals surface area contributed by atoms with Crippen LogP contribution in [0.4, 0.5) is 17.6 Å². The fourth-order valence-corrected chi connectivity index (χ4v) is 14.4. The number of nitrogens with one attached hydrogen (secondary N) is 3. The van der Waals surface area contributed by atoms with Crippen molar-refractivity contribution in [3.8, 4) is 0 Å². The lowest BCUT2D eigenvalue weighted by Crippen LogP contribution is -2.65. The number of alkyl halides is 3. The Bertz CT molecular complexity index is 3690. The van der Waals surface area contributed by atoms with Gasteiger partial charge in [-0.05, 0) is 111 Å². The summed E-state index contributed by atoms with van der Waals surface area (Å²) in [6.07, 6.45) is -4.80. The maximum atomic E-state index is 15.7. The van der Waals surface area contributed by atoms with Crippen molar-refractivity contribution in [2.24, 2.45) is 17.8 Å². The van der Waals surface area contributed by atoms with Gasteiger partial charge in [0.25, 0.3) is 0 Å². The van der Waals surface area contributed by atoms with Crippen LogP contribution in [0.25, 0.3) is 0 Å². The van der Waals surface area contributed by atoms with Crippen molar-refractivity contribution in [1.29, 1.82) is 0 Å². The highest BCUT2D eigenvalue weighted by molar-refractivity contribution is 6.31. The third-order valence-electron chi connectivity index (χ3n) is 21.7. The van der Waals surface area contributed by atoms with E-state index in [2.05, 4.69) is 16.0 Å². The summed E-state index contributed by atoms with van der Waals surface area (Å²) in [5.41, 5.74) is -0.916. The van der Waals surface area contributed by atoms with E-state index in [0.717, 1.165) is 39.6 Å². The number of carbonyl (C=O) groups is 12. The highest BCUT2D eigenvalue weighted by Crippen LogP contribution is 2.37. The Labute approximate surface area is 625 Å². The lowest BCUT2D eigenvalue weighted by atomic mass is 9.90. The fraction of sp³-hybridized carbons (Fsp3) is 0.610. The SMILES string of the molecule is CC[C@H](C)[C@@H]1NC(=O)[C@H](CC(C)C)N(C)C(=O)C[C@@H](CC(=O)N(C)C)N(C)C(=O)[C@H]([C@@H](C)CC)N(C)C(=O)C2(CCCC2)NC(=O)[C@H](Cc2cccc(F)c2)N(C)C(=O)[C@H](CCc2ccc(C(F)(F)F)c(Cl)c2)NC(=O)CN(C)C(=O)[C@H](Cc2ccc(C)cc2)N(C)C(=O)[C@@H]2CCN2C(=O)[C@H](C)N(C)C1=O. The summed E-state index contributed by atoms with van der Waals surface area (Å²) in [7, 11) is 12.6. The van der Waals surface area contributed by atoms with Crippen molar-refractivity contribution in [3.63, 3.8) is 0 Å². The minimum atomic E-state index is -4.82. The molecule has 29 heteroatoms. The van der Waals surface area contributed by atoms with Crippen LogP contribution in [0, 0.1) is 30.5 Å². The van der Waals surface area contributed by atoms with E-state index in [4.69, 9.17) is 11.6 Å². The molecule has 2 aliphatic heterocycles. The summed E-state index contributed by atoms with van der Waals surface area (Å²) >= 11 is 6.18. The summed E-state index contributed by atoms with van der Waals surface area (Å²) in [6, 6.07) is 3.58. The first-order chi connectivity index (χ1) is 49.6. The number of hydrogen-bond acceptors (Lipinski definition) is 12. The Morgan fingerprint density at radius 3 is 1.82 bits per heavy atom. The van der Waals surface area contributed by atoms with Crippen LogP contribution in [0.3, 0.4) is 0 Å². The van der Waals surface area contributed by atoms with Crippen LogP contribution in [0.15, 0.2) is 66.7 Å². The van der Waals surface area contributed by atoms with Gasteiger partial charge >= 0.3 is 6.18 Å². The largest absolute Gasteiger partial charge is 0.417 e. The molecule has 584 valence electrons. The van der Waals surface area contributed by atoms with Crippen LogP contribution in [-0.2, 0) is 83.0 Å². The van der Waals surface area contributed by atoms with Gasteiger partial charge in [-0.15, -0.1) is 0 Å². The standard InChI is InChI=1S/C77H109ClF4N12O12/c1-18-47(6)65-73(104)88(12)49(8)69(100)94-36-33-58(94)72(103)92(16)61(40-51-27-25-46(5)26-28-51)71(102)87(11)44-62(95)83-57(32-30-50-29-31-55(56(78)39-50)77(80,81)82)70(101)91(15)60(41-52-23-22-24-53(79)38-52)68(99)85-76(34-20-21-35-76)75(106)93(17)66(48(7)19-2)74(105)89(13)54(42-63(96)86(9)10)43-64(97)90(14)59(37-45(3)4)67(98)84-65/h22-29,31,38-39,45,47-49,54,57-61,65-66H,18-21,30,32-37,40-44H2,1-17H3,(H,83,95)(H,84,98)(H,85,99)/t47-,48-,49-,54+,57-,58-,59-,60-,61-,65-,66-/m0/s1. The zero-order valence-corrected chi connectivity index (χ0v) is 65.2. The van der Waals surface area contributed by atoms with E-state index in [1.807, 2.05) is 46.8 Å². The molecule has 24 nitrogen and oxygen atoms in total. The lowest BCUT2D eigenvalue weighted by Gasteiger charge is -2.45. The maximum Gasteiger partial charge on any atom is 0.417 e. The zero-order valence-electron chi connectivity index (χ0n) is 64.4. The first kappa shape index (κ1) is 86.2. The van der Waals surface area contributed by atoms with Crippen LogP contribution in [0.2, 0.25) is 5.02 Å². The highest BCUT2D eigenvalue weighted by atomic mass is 35.5. The Hall–Kier alpha value is -8.69. The summed E-state index contributed by atoms with van der Waals surface area (Å²) in [6.45, 7) is 13.5. The molecule has 3 fully saturated rings. The van der Waals surface area contributed by atoms with Gasteiger partial charge in [0.05, 0.1) is 17.1 Å². The van der Waals surface area contributed by atoms with Crippen LogP contribution < -0.4 is 16.0 Å². The fourth-order valence-electron chi connectivity index (χ4n) is 14.1. The molecule has 3 aromatic rings. The lowest BCUT2D eigenvalue weighted by molar-refractivity contribution is -0.160. The number of carbonyl (C=O) groups excluding carboxylic acids is 12. The molecular formula is C77H109ClF4N12O12. The molecule has 2 heterocycles. The molecule has 3 aliphatic rings. The van der Waals surface area contributed by atoms with Crippen molar-refractivity contribution in [2.45, 2.75) is 211 Å². The Kier molecular flexibility index (Phi) is 30.3. The van der Waals surface area contributed by atoms with Crippen molar-refractivity contribution in [1.82, 2.24) is 60.0 Å². The molecule has 0 radical (unpaired) electrons. The average Bonchev–Trinajstić information content (AvgIpc) is 1.17. The van der Waals surface area contributed by atoms with E-state index in [1.165, 1.54) is 123 Å². The van der Waals surface area contributed by atoms with E-state index in [0.29, 0.717) is 31.2 Å². The first-order valence-corrected chi connectivity index (χ1v) is 36.9. The molecule has 2 saturated heterocycles. The molecule has 11 atom stereocenters. The Balaban J connectivity index is 1.51. The predicted octanol–water partition coefficient (Wildman–Crippen LogP) is 6.68. The molecule has 106 heavy (non-hydrogen) atoms. The second-order valence-electron chi connectivity index (χ2n) is 29.9. The van der Waals surface area contributed by atoms with Crippen molar-refractivity contribution in [3.05, 3.63) is 105 Å². The van der Waals surface area contributed by atoms with E-state index < -0.39 is 178 Å². The van der Waals surface area contributed by atoms with E-state index in [9.17, 15) is 46.7 Å². The summed E-state index contributed by atoms with van der Waals surface area (Å²) in [4.78, 5) is 191. The second kappa shape index (κ2) is 37.2. The van der Waals surface area contributed by atoms with Gasteiger partial charge in [-0.2, -0.15) is 13.2 Å². The van der Waals surface area contributed by atoms with Crippen molar-refractivity contribution < 1.29 is 75.1 Å². The number of aryl methyl sites for hydroxylation is 2. The predicted molar refractivity (Wildman–Crippen MR) is 392 cm³/mol. The van der Waals surface area contributed by atoms with Gasteiger partial charge in [-0.1, -0.05) is 127 Å². The molecule has 0 aromatic heterocycles. The number of rotatable bonds is 15. The molecule has 1 spiro atoms. The molecule has 1 saturated carbocycles. The number of nitrogens with zero attached hydrogens (tertiary/aromatic N) is 9. The number of benzene rings is 3. The van der Waals surface area contributed by atoms with E-state index in [1.54, 1.807) is 26.0 Å². The average molecular weight is 1510 g/mol. The summed E-state index contributed by atoms with van der Waals surface area (Å²) in [5.74, 6) is -10.6.